The van der Waals surface area contributed by atoms with Crippen molar-refractivity contribution in [2.75, 3.05) is 39.7 Å². The van der Waals surface area contributed by atoms with Crippen molar-refractivity contribution in [2.45, 2.75) is 19.0 Å². The molecule has 2 aromatic carbocycles. The molecule has 0 aliphatic carbocycles. The fourth-order valence-corrected chi connectivity index (χ4v) is 4.61. The average molecular weight is 564 g/mol. The van der Waals surface area contributed by atoms with Crippen molar-refractivity contribution >= 4 is 22.8 Å². The van der Waals surface area contributed by atoms with E-state index in [0.29, 0.717) is 31.9 Å². The molecule has 0 radical (unpaired) electrons. The van der Waals surface area contributed by atoms with E-state index in [-0.39, 0.29) is 17.5 Å². The van der Waals surface area contributed by atoms with Gasteiger partial charge >= 0.3 is 6.09 Å². The summed E-state index contributed by atoms with van der Waals surface area (Å²) >= 11 is 0. The summed E-state index contributed by atoms with van der Waals surface area (Å²) < 4.78 is 51.0. The minimum atomic E-state index is -1.02. The summed E-state index contributed by atoms with van der Waals surface area (Å²) in [5.74, 6) is 1.13. The monoisotopic (exact) mass is 563 g/mol. The Morgan fingerprint density at radius 3 is 2.49 bits per heavy atom. The zero-order chi connectivity index (χ0) is 28.9. The van der Waals surface area contributed by atoms with E-state index in [1.807, 2.05) is 35.0 Å². The number of likely N-dealkylation sites (tertiary alicyclic amines) is 1. The number of pyridine rings is 1. The quantitative estimate of drug-likeness (QED) is 0.322. The molecule has 2 aromatic heterocycles. The molecular weight excluding hydrogens is 536 g/mol. The van der Waals surface area contributed by atoms with E-state index in [0.717, 1.165) is 28.3 Å². The van der Waals surface area contributed by atoms with Gasteiger partial charge < -0.3 is 29.2 Å². The molecule has 1 aliphatic heterocycles. The van der Waals surface area contributed by atoms with Crippen molar-refractivity contribution in [2.24, 2.45) is 0 Å². The number of nitrogens with one attached hydrogen (secondary N) is 1. The summed E-state index contributed by atoms with van der Waals surface area (Å²) in [5, 5.41) is 9.02. The van der Waals surface area contributed by atoms with Crippen molar-refractivity contribution in [1.82, 2.24) is 19.7 Å². The van der Waals surface area contributed by atoms with Crippen molar-refractivity contribution in [3.05, 3.63) is 71.6 Å². The third-order valence-electron chi connectivity index (χ3n) is 6.78. The van der Waals surface area contributed by atoms with Gasteiger partial charge in [0, 0.05) is 38.1 Å². The highest BCUT2D eigenvalue weighted by molar-refractivity contribution is 5.89. The first-order valence-electron chi connectivity index (χ1n) is 12.7. The first-order valence-corrected chi connectivity index (χ1v) is 12.7. The molecule has 1 atom stereocenters. The summed E-state index contributed by atoms with van der Waals surface area (Å²) in [4.78, 5) is 18.4. The van der Waals surface area contributed by atoms with Crippen molar-refractivity contribution in [3.63, 3.8) is 0 Å². The van der Waals surface area contributed by atoms with Gasteiger partial charge in [0.1, 0.15) is 17.4 Å². The number of carbonyl (C=O) groups excluding carboxylic acids is 1. The number of hydrogen-bond donors (Lipinski definition) is 1. The number of hydrogen-bond acceptors (Lipinski definition) is 8. The Balaban J connectivity index is 1.27. The summed E-state index contributed by atoms with van der Waals surface area (Å²) in [7, 11) is 4.09. The van der Waals surface area contributed by atoms with Crippen LogP contribution in [0.15, 0.2) is 48.8 Å². The first-order chi connectivity index (χ1) is 19.9. The summed E-state index contributed by atoms with van der Waals surface area (Å²) in [6.07, 6.45) is 5.44. The van der Waals surface area contributed by atoms with Crippen LogP contribution in [-0.4, -0.2) is 60.2 Å². The van der Waals surface area contributed by atoms with Gasteiger partial charge in [0.25, 0.3) is 0 Å². The lowest BCUT2D eigenvalue weighted by Crippen LogP contribution is -2.28. The van der Waals surface area contributed by atoms with Crippen LogP contribution in [0, 0.1) is 23.7 Å². The number of rotatable bonds is 7. The smallest absolute Gasteiger partial charge is 0.423 e. The van der Waals surface area contributed by atoms with E-state index >= 15 is 0 Å². The van der Waals surface area contributed by atoms with Crippen LogP contribution < -0.4 is 19.5 Å². The molecule has 0 bridgehead atoms. The molecule has 0 saturated carbocycles. The highest BCUT2D eigenvalue weighted by Crippen LogP contribution is 2.32. The van der Waals surface area contributed by atoms with E-state index in [9.17, 15) is 13.6 Å². The standard InChI is InChI=1S/C29H27F2N5O5/c1-38-20-6-4-18(5-7-20)15-33-28-22-16-32-11-8-23(22)36(34-28)19-9-12-35(17-19)29(37)41-13-10-21-26(30)24(39-2)14-25(40-3)27(21)31/h4-8,11,14,16,19H,9,12,15,17H2,1-3H3,(H,33,34). The van der Waals surface area contributed by atoms with Crippen LogP contribution in [0.25, 0.3) is 10.9 Å². The Morgan fingerprint density at radius 1 is 1.07 bits per heavy atom. The van der Waals surface area contributed by atoms with E-state index in [4.69, 9.17) is 24.0 Å². The molecule has 4 aromatic rings. The van der Waals surface area contributed by atoms with Crippen LogP contribution in [0.3, 0.4) is 0 Å². The Kier molecular flexibility index (Phi) is 8.05. The lowest BCUT2D eigenvalue weighted by Gasteiger charge is -2.14. The van der Waals surface area contributed by atoms with Gasteiger partial charge in [0.05, 0.1) is 38.3 Å². The largest absolute Gasteiger partial charge is 0.497 e. The number of halogens is 2. The van der Waals surface area contributed by atoms with Crippen molar-refractivity contribution in [1.29, 1.82) is 0 Å². The van der Waals surface area contributed by atoms with Gasteiger partial charge in [-0.3, -0.25) is 9.67 Å². The number of benzene rings is 2. The molecule has 1 aliphatic rings. The van der Waals surface area contributed by atoms with Crippen LogP contribution in [0.1, 0.15) is 23.6 Å². The maximum atomic E-state index is 14.5. The van der Waals surface area contributed by atoms with Gasteiger partial charge in [-0.25, -0.2) is 13.6 Å². The lowest BCUT2D eigenvalue weighted by molar-refractivity contribution is 0.152. The van der Waals surface area contributed by atoms with Crippen LogP contribution >= 0.6 is 0 Å². The normalized spacial score (nSPS) is 14.4. The van der Waals surface area contributed by atoms with Gasteiger partial charge in [-0.1, -0.05) is 12.1 Å². The topological polar surface area (TPSA) is 100.0 Å². The summed E-state index contributed by atoms with van der Waals surface area (Å²) in [5.41, 5.74) is 1.30. The SMILES string of the molecule is COc1ccc(CNc2nn(C3CCN(C(=O)OC#Cc4c(F)c(OC)cc(OC)c4F)C3)c3ccncc23)cc1. The van der Waals surface area contributed by atoms with Crippen LogP contribution in [-0.2, 0) is 11.3 Å². The molecule has 3 heterocycles. The molecule has 1 fully saturated rings. The number of aromatic nitrogens is 3. The van der Waals surface area contributed by atoms with E-state index in [1.54, 1.807) is 19.5 Å². The van der Waals surface area contributed by atoms with Crippen LogP contribution in [0.5, 0.6) is 17.2 Å². The fraction of sp³-hybridized carbons (Fsp3) is 0.276. The molecule has 10 nitrogen and oxygen atoms in total. The zero-order valence-electron chi connectivity index (χ0n) is 22.6. The third kappa shape index (κ3) is 5.65. The fourth-order valence-electron chi connectivity index (χ4n) is 4.61. The molecule has 1 amide bonds. The Hall–Kier alpha value is -5.05. The van der Waals surface area contributed by atoms with Crippen molar-refractivity contribution in [3.8, 4) is 29.3 Å². The molecule has 0 spiro atoms. The van der Waals surface area contributed by atoms with E-state index in [1.165, 1.54) is 19.1 Å². The second kappa shape index (κ2) is 12.0. The number of methoxy groups -OCH3 is 3. The van der Waals surface area contributed by atoms with Crippen LogP contribution in [0.4, 0.5) is 19.4 Å². The van der Waals surface area contributed by atoms with Gasteiger partial charge in [0.15, 0.2) is 29.0 Å². The predicted molar refractivity (Wildman–Crippen MR) is 146 cm³/mol. The molecule has 5 rings (SSSR count). The number of nitrogens with zero attached hydrogens (tertiary/aromatic N) is 4. The third-order valence-corrected chi connectivity index (χ3v) is 6.78. The van der Waals surface area contributed by atoms with Gasteiger partial charge in [-0.15, -0.1) is 0 Å². The van der Waals surface area contributed by atoms with Crippen molar-refractivity contribution < 1.29 is 32.5 Å². The maximum absolute atomic E-state index is 14.5. The number of anilines is 1. The van der Waals surface area contributed by atoms with E-state index in [2.05, 4.69) is 22.3 Å². The Bertz CT molecular complexity index is 1600. The molecule has 12 heteroatoms. The highest BCUT2D eigenvalue weighted by atomic mass is 19.1. The molecular formula is C29H27F2N5O5. The van der Waals surface area contributed by atoms with Gasteiger partial charge in [-0.05, 0) is 36.1 Å². The van der Waals surface area contributed by atoms with E-state index < -0.39 is 23.3 Å². The average Bonchev–Trinajstić information content (AvgIpc) is 3.63. The summed E-state index contributed by atoms with van der Waals surface area (Å²) in [6.45, 7) is 1.25. The maximum Gasteiger partial charge on any atom is 0.423 e. The lowest BCUT2D eigenvalue weighted by atomic mass is 10.1. The number of amides is 1. The minimum Gasteiger partial charge on any atom is -0.497 e. The predicted octanol–water partition coefficient (Wildman–Crippen LogP) is 4.74. The molecule has 1 N–H and O–H groups in total. The Morgan fingerprint density at radius 2 is 1.80 bits per heavy atom. The Labute approximate surface area is 234 Å². The number of fused-ring (bicyclic) bond motifs is 1. The number of carbonyl (C=O) groups is 1. The second-order valence-electron chi connectivity index (χ2n) is 9.16. The number of ether oxygens (including phenoxy) is 4. The summed E-state index contributed by atoms with van der Waals surface area (Å²) in [6, 6.07) is 10.5. The zero-order valence-corrected chi connectivity index (χ0v) is 22.6. The van der Waals surface area contributed by atoms with Crippen LogP contribution in [0.2, 0.25) is 0 Å². The first kappa shape index (κ1) is 27.5. The molecule has 41 heavy (non-hydrogen) atoms. The second-order valence-corrected chi connectivity index (χ2v) is 9.16. The van der Waals surface area contributed by atoms with Gasteiger partial charge in [0.2, 0.25) is 0 Å². The molecule has 1 saturated heterocycles. The van der Waals surface area contributed by atoms with Gasteiger partial charge in [-0.2, -0.15) is 5.10 Å². The molecule has 212 valence electrons. The molecule has 1 unspecified atom stereocenters. The minimum absolute atomic E-state index is 0.130. The highest BCUT2D eigenvalue weighted by Gasteiger charge is 2.30.